The molecule has 0 aliphatic rings. The number of nitrogens with zero attached hydrogens (tertiary/aromatic N) is 1. The maximum Gasteiger partial charge on any atom is 0.271 e. The van der Waals surface area contributed by atoms with Crippen molar-refractivity contribution in [2.45, 2.75) is 27.3 Å². The summed E-state index contributed by atoms with van der Waals surface area (Å²) < 4.78 is 10.8. The molecule has 1 N–H and O–H groups in total. The van der Waals surface area contributed by atoms with Crippen molar-refractivity contribution in [3.63, 3.8) is 0 Å². The van der Waals surface area contributed by atoms with Crippen molar-refractivity contribution in [1.29, 1.82) is 0 Å². The zero-order valence-electron chi connectivity index (χ0n) is 12.6. The molecule has 0 aliphatic carbocycles. The van der Waals surface area contributed by atoms with E-state index in [-0.39, 0.29) is 5.91 Å². The van der Waals surface area contributed by atoms with Gasteiger partial charge >= 0.3 is 0 Å². The zero-order chi connectivity index (χ0) is 15.7. The number of aryl methyl sites for hydroxylation is 3. The smallest absolute Gasteiger partial charge is 0.271 e. The Morgan fingerprint density at radius 2 is 2.18 bits per heavy atom. The third-order valence-corrected chi connectivity index (χ3v) is 4.31. The molecule has 0 saturated carbocycles. The molecule has 0 atom stereocenters. The minimum atomic E-state index is -0.190. The fourth-order valence-electron chi connectivity index (χ4n) is 2.23. The molecule has 1 amide bonds. The first-order valence-corrected chi connectivity index (χ1v) is 7.71. The van der Waals surface area contributed by atoms with E-state index in [0.717, 1.165) is 22.0 Å². The normalized spacial score (nSPS) is 10.9. The van der Waals surface area contributed by atoms with E-state index in [4.69, 9.17) is 8.83 Å². The summed E-state index contributed by atoms with van der Waals surface area (Å²) in [6.07, 6.45) is 1.59. The van der Waals surface area contributed by atoms with Crippen LogP contribution in [-0.2, 0) is 6.54 Å². The highest BCUT2D eigenvalue weighted by Crippen LogP contribution is 2.27. The average Bonchev–Trinajstić information content (AvgIpc) is 3.16. The first kappa shape index (κ1) is 14.6. The van der Waals surface area contributed by atoms with Crippen LogP contribution >= 0.6 is 11.3 Å². The lowest BCUT2D eigenvalue weighted by Gasteiger charge is -2.02. The number of aromatic nitrogens is 1. The number of rotatable bonds is 4. The summed E-state index contributed by atoms with van der Waals surface area (Å²) >= 11 is 1.45. The standard InChI is InChI=1S/C16H16N2O3S/c1-9-7-12(10(2)21-9)8-17-15(19)14-11(3)22-16(18-14)13-5-4-6-20-13/h4-7H,8H2,1-3H3,(H,17,19). The topological polar surface area (TPSA) is 68.3 Å². The fraction of sp³-hybridized carbons (Fsp3) is 0.250. The van der Waals surface area contributed by atoms with Gasteiger partial charge in [-0.2, -0.15) is 0 Å². The van der Waals surface area contributed by atoms with Crippen molar-refractivity contribution in [2.24, 2.45) is 0 Å². The molecule has 0 aliphatic heterocycles. The summed E-state index contributed by atoms with van der Waals surface area (Å²) in [7, 11) is 0. The summed E-state index contributed by atoms with van der Waals surface area (Å²) in [5, 5.41) is 3.59. The number of hydrogen-bond acceptors (Lipinski definition) is 5. The molecule has 0 fully saturated rings. The lowest BCUT2D eigenvalue weighted by Crippen LogP contribution is -2.23. The van der Waals surface area contributed by atoms with E-state index in [9.17, 15) is 4.79 Å². The first-order valence-electron chi connectivity index (χ1n) is 6.90. The second kappa shape index (κ2) is 5.81. The van der Waals surface area contributed by atoms with Crippen LogP contribution in [0, 0.1) is 20.8 Å². The van der Waals surface area contributed by atoms with Crippen LogP contribution in [0.2, 0.25) is 0 Å². The molecule has 0 spiro atoms. The zero-order valence-corrected chi connectivity index (χ0v) is 13.4. The summed E-state index contributed by atoms with van der Waals surface area (Å²) in [6.45, 7) is 6.08. The molecular weight excluding hydrogens is 300 g/mol. The minimum Gasteiger partial charge on any atom is -0.466 e. The van der Waals surface area contributed by atoms with Crippen LogP contribution in [0.4, 0.5) is 0 Å². The van der Waals surface area contributed by atoms with Gasteiger partial charge in [0, 0.05) is 17.0 Å². The lowest BCUT2D eigenvalue weighted by atomic mass is 10.2. The fourth-order valence-corrected chi connectivity index (χ4v) is 3.11. The number of carbonyl (C=O) groups is 1. The van der Waals surface area contributed by atoms with Crippen LogP contribution in [0.15, 0.2) is 33.3 Å². The molecule has 5 nitrogen and oxygen atoms in total. The van der Waals surface area contributed by atoms with Crippen molar-refractivity contribution in [3.8, 4) is 10.8 Å². The Morgan fingerprint density at radius 3 is 2.82 bits per heavy atom. The Hall–Kier alpha value is -2.34. The van der Waals surface area contributed by atoms with Gasteiger partial charge in [-0.25, -0.2) is 4.98 Å². The molecule has 3 aromatic heterocycles. The lowest BCUT2D eigenvalue weighted by molar-refractivity contribution is 0.0946. The van der Waals surface area contributed by atoms with Gasteiger partial charge < -0.3 is 14.2 Å². The minimum absolute atomic E-state index is 0.190. The molecule has 0 bridgehead atoms. The second-order valence-electron chi connectivity index (χ2n) is 5.02. The highest BCUT2D eigenvalue weighted by Gasteiger charge is 2.17. The van der Waals surface area contributed by atoms with E-state index in [2.05, 4.69) is 10.3 Å². The molecule has 114 valence electrons. The van der Waals surface area contributed by atoms with Gasteiger partial charge in [0.15, 0.2) is 10.8 Å². The summed E-state index contributed by atoms with van der Waals surface area (Å²) in [4.78, 5) is 17.6. The number of furan rings is 2. The van der Waals surface area contributed by atoms with Gasteiger partial charge in [0.25, 0.3) is 5.91 Å². The van der Waals surface area contributed by atoms with Crippen LogP contribution in [0.25, 0.3) is 10.8 Å². The Balaban J connectivity index is 1.74. The molecule has 3 aromatic rings. The van der Waals surface area contributed by atoms with Crippen molar-refractivity contribution in [2.75, 3.05) is 0 Å². The van der Waals surface area contributed by atoms with E-state index in [1.807, 2.05) is 32.9 Å². The summed E-state index contributed by atoms with van der Waals surface area (Å²) in [5.41, 5.74) is 1.42. The van der Waals surface area contributed by atoms with Crippen LogP contribution in [0.1, 0.15) is 32.4 Å². The van der Waals surface area contributed by atoms with Crippen LogP contribution in [0.3, 0.4) is 0 Å². The quantitative estimate of drug-likeness (QED) is 0.794. The molecule has 0 unspecified atom stereocenters. The Kier molecular flexibility index (Phi) is 3.85. The van der Waals surface area contributed by atoms with Gasteiger partial charge in [-0.3, -0.25) is 4.79 Å². The third-order valence-electron chi connectivity index (χ3n) is 3.33. The highest BCUT2D eigenvalue weighted by atomic mass is 32.1. The van der Waals surface area contributed by atoms with Gasteiger partial charge in [-0.15, -0.1) is 11.3 Å². The van der Waals surface area contributed by atoms with Crippen LogP contribution < -0.4 is 5.32 Å². The molecule has 0 radical (unpaired) electrons. The van der Waals surface area contributed by atoms with Crippen LogP contribution in [-0.4, -0.2) is 10.9 Å². The van der Waals surface area contributed by atoms with Crippen LogP contribution in [0.5, 0.6) is 0 Å². The number of carbonyl (C=O) groups excluding carboxylic acids is 1. The van der Waals surface area contributed by atoms with Gasteiger partial charge in [0.1, 0.15) is 17.2 Å². The summed E-state index contributed by atoms with van der Waals surface area (Å²) in [5.74, 6) is 2.15. The third kappa shape index (κ3) is 2.82. The van der Waals surface area contributed by atoms with Crippen molar-refractivity contribution in [3.05, 3.63) is 52.1 Å². The van der Waals surface area contributed by atoms with Gasteiger partial charge in [0.05, 0.1) is 6.26 Å². The largest absolute Gasteiger partial charge is 0.466 e. The van der Waals surface area contributed by atoms with E-state index >= 15 is 0 Å². The monoisotopic (exact) mass is 316 g/mol. The Labute approximate surface area is 132 Å². The molecular formula is C16H16N2O3S. The number of hydrogen-bond donors (Lipinski definition) is 1. The predicted molar refractivity (Wildman–Crippen MR) is 83.9 cm³/mol. The molecule has 3 rings (SSSR count). The van der Waals surface area contributed by atoms with E-state index in [1.165, 1.54) is 11.3 Å². The van der Waals surface area contributed by atoms with Gasteiger partial charge in [0.2, 0.25) is 0 Å². The Morgan fingerprint density at radius 1 is 1.36 bits per heavy atom. The van der Waals surface area contributed by atoms with E-state index in [0.29, 0.717) is 23.0 Å². The second-order valence-corrected chi connectivity index (χ2v) is 6.23. The number of nitrogens with one attached hydrogen (secondary N) is 1. The predicted octanol–water partition coefficient (Wildman–Crippen LogP) is 3.85. The van der Waals surface area contributed by atoms with Crippen molar-refractivity contribution >= 4 is 17.2 Å². The van der Waals surface area contributed by atoms with Crippen molar-refractivity contribution < 1.29 is 13.6 Å². The van der Waals surface area contributed by atoms with E-state index < -0.39 is 0 Å². The number of thiazole rings is 1. The molecule has 6 heteroatoms. The number of amides is 1. The van der Waals surface area contributed by atoms with Gasteiger partial charge in [-0.05, 0) is 39.0 Å². The summed E-state index contributed by atoms with van der Waals surface area (Å²) in [6, 6.07) is 5.56. The highest BCUT2D eigenvalue weighted by molar-refractivity contribution is 7.15. The maximum absolute atomic E-state index is 12.3. The molecule has 0 saturated heterocycles. The van der Waals surface area contributed by atoms with Gasteiger partial charge in [-0.1, -0.05) is 0 Å². The Bertz CT molecular complexity index is 800. The first-order chi connectivity index (χ1) is 10.5. The maximum atomic E-state index is 12.3. The van der Waals surface area contributed by atoms with Crippen molar-refractivity contribution in [1.82, 2.24) is 10.3 Å². The molecule has 3 heterocycles. The average molecular weight is 316 g/mol. The SMILES string of the molecule is Cc1cc(CNC(=O)c2nc(-c3ccco3)sc2C)c(C)o1. The van der Waals surface area contributed by atoms with E-state index in [1.54, 1.807) is 12.3 Å². The molecule has 0 aromatic carbocycles. The molecule has 22 heavy (non-hydrogen) atoms.